The van der Waals surface area contributed by atoms with Crippen molar-refractivity contribution in [1.82, 2.24) is 16.0 Å². The summed E-state index contributed by atoms with van der Waals surface area (Å²) >= 11 is 0. The van der Waals surface area contributed by atoms with E-state index in [-0.39, 0.29) is 0 Å². The molecule has 0 saturated carbocycles. The summed E-state index contributed by atoms with van der Waals surface area (Å²) in [7, 11) is 0. The van der Waals surface area contributed by atoms with Gasteiger partial charge < -0.3 is 20.4 Å². The van der Waals surface area contributed by atoms with Crippen molar-refractivity contribution < 1.29 is 4.42 Å². The Bertz CT molecular complexity index is 248. The summed E-state index contributed by atoms with van der Waals surface area (Å²) in [6.45, 7) is 5.62. The van der Waals surface area contributed by atoms with E-state index in [9.17, 15) is 0 Å². The molecule has 1 aliphatic heterocycles. The minimum Gasteiger partial charge on any atom is -0.463 e. The van der Waals surface area contributed by atoms with Gasteiger partial charge in [-0.2, -0.15) is 0 Å². The van der Waals surface area contributed by atoms with Crippen LogP contribution in [-0.4, -0.2) is 26.2 Å². The van der Waals surface area contributed by atoms with E-state index in [0.717, 1.165) is 50.8 Å². The molecule has 78 valence electrons. The Labute approximate surface area is 84.1 Å². The Kier molecular flexibility index (Phi) is 3.57. The minimum atomic E-state index is 0.821. The van der Waals surface area contributed by atoms with Crippen molar-refractivity contribution in [3.8, 4) is 0 Å². The molecule has 0 fully saturated rings. The van der Waals surface area contributed by atoms with Gasteiger partial charge in [0.15, 0.2) is 0 Å². The lowest BCUT2D eigenvalue weighted by Gasteiger charge is -2.08. The number of nitrogens with one attached hydrogen (secondary N) is 3. The van der Waals surface area contributed by atoms with Crippen LogP contribution in [0.4, 0.5) is 0 Å². The van der Waals surface area contributed by atoms with E-state index in [1.807, 2.05) is 12.1 Å². The van der Waals surface area contributed by atoms with Crippen molar-refractivity contribution in [2.75, 3.05) is 26.2 Å². The molecule has 2 bridgehead atoms. The molecular formula is C10H17N3O. The monoisotopic (exact) mass is 195 g/mol. The van der Waals surface area contributed by atoms with Crippen LogP contribution in [-0.2, 0) is 13.1 Å². The van der Waals surface area contributed by atoms with Crippen molar-refractivity contribution in [2.24, 2.45) is 0 Å². The van der Waals surface area contributed by atoms with E-state index in [2.05, 4.69) is 16.0 Å². The van der Waals surface area contributed by atoms with Crippen molar-refractivity contribution >= 4 is 0 Å². The van der Waals surface area contributed by atoms with Gasteiger partial charge >= 0.3 is 0 Å². The smallest absolute Gasteiger partial charge is 0.118 e. The quantitative estimate of drug-likeness (QED) is 0.548. The van der Waals surface area contributed by atoms with Crippen LogP contribution < -0.4 is 16.0 Å². The molecule has 0 radical (unpaired) electrons. The predicted molar refractivity (Wildman–Crippen MR) is 55.0 cm³/mol. The lowest BCUT2D eigenvalue weighted by molar-refractivity contribution is 0.424. The number of furan rings is 1. The summed E-state index contributed by atoms with van der Waals surface area (Å²) < 4.78 is 5.61. The van der Waals surface area contributed by atoms with Crippen LogP contribution in [0.15, 0.2) is 16.5 Å². The third kappa shape index (κ3) is 2.83. The zero-order valence-corrected chi connectivity index (χ0v) is 8.31. The fourth-order valence-corrected chi connectivity index (χ4v) is 1.51. The molecule has 3 N–H and O–H groups in total. The normalized spacial score (nSPS) is 19.7. The van der Waals surface area contributed by atoms with E-state index < -0.39 is 0 Å². The molecule has 0 aromatic carbocycles. The molecule has 0 saturated heterocycles. The van der Waals surface area contributed by atoms with E-state index in [1.165, 1.54) is 0 Å². The first-order valence-corrected chi connectivity index (χ1v) is 5.15. The molecule has 4 nitrogen and oxygen atoms in total. The van der Waals surface area contributed by atoms with Gasteiger partial charge in [-0.25, -0.2) is 0 Å². The molecule has 0 unspecified atom stereocenters. The van der Waals surface area contributed by atoms with Gasteiger partial charge in [0.05, 0.1) is 13.1 Å². The Hall–Kier alpha value is -0.840. The maximum Gasteiger partial charge on any atom is 0.118 e. The van der Waals surface area contributed by atoms with E-state index in [0.29, 0.717) is 0 Å². The Morgan fingerprint density at radius 1 is 0.786 bits per heavy atom. The van der Waals surface area contributed by atoms with Crippen molar-refractivity contribution in [3.63, 3.8) is 0 Å². The van der Waals surface area contributed by atoms with Gasteiger partial charge in [0.2, 0.25) is 0 Å². The summed E-state index contributed by atoms with van der Waals surface area (Å²) in [4.78, 5) is 0. The molecular weight excluding hydrogens is 178 g/mol. The first-order chi connectivity index (χ1) is 6.95. The average Bonchev–Trinajstić information content (AvgIpc) is 2.61. The first-order valence-electron chi connectivity index (χ1n) is 5.15. The zero-order valence-electron chi connectivity index (χ0n) is 8.31. The molecule has 1 aliphatic rings. The van der Waals surface area contributed by atoms with E-state index >= 15 is 0 Å². The molecule has 1 aromatic rings. The van der Waals surface area contributed by atoms with Crippen LogP contribution in [0.3, 0.4) is 0 Å². The summed E-state index contributed by atoms with van der Waals surface area (Å²) in [6, 6.07) is 4.07. The van der Waals surface area contributed by atoms with Gasteiger partial charge in [0, 0.05) is 26.2 Å². The van der Waals surface area contributed by atoms with Gasteiger partial charge in [-0.1, -0.05) is 0 Å². The molecule has 0 amide bonds. The maximum atomic E-state index is 5.61. The highest BCUT2D eigenvalue weighted by Crippen LogP contribution is 2.07. The minimum absolute atomic E-state index is 0.821. The second-order valence-electron chi connectivity index (χ2n) is 3.47. The highest BCUT2D eigenvalue weighted by molar-refractivity contribution is 5.06. The second-order valence-corrected chi connectivity index (χ2v) is 3.47. The summed E-state index contributed by atoms with van der Waals surface area (Å²) in [5.74, 6) is 2.03. The third-order valence-electron chi connectivity index (χ3n) is 2.27. The lowest BCUT2D eigenvalue weighted by atomic mass is 10.4. The van der Waals surface area contributed by atoms with E-state index in [1.54, 1.807) is 0 Å². The number of hydrogen-bond donors (Lipinski definition) is 3. The third-order valence-corrected chi connectivity index (χ3v) is 2.27. The topological polar surface area (TPSA) is 49.2 Å². The maximum absolute atomic E-state index is 5.61. The van der Waals surface area contributed by atoms with Crippen LogP contribution in [0.2, 0.25) is 0 Å². The standard InChI is InChI=1S/C10H17N3O/c1-2-10-8-13-6-4-11-3-5-12-7-9(1)14-10/h1-2,11-13H,3-8H2. The molecule has 4 heteroatoms. The molecule has 1 aromatic heterocycles. The Balaban J connectivity index is 1.93. The molecule has 0 spiro atoms. The van der Waals surface area contributed by atoms with Crippen LogP contribution in [0.5, 0.6) is 0 Å². The fraction of sp³-hybridized carbons (Fsp3) is 0.600. The number of hydrogen-bond acceptors (Lipinski definition) is 4. The van der Waals surface area contributed by atoms with Crippen LogP contribution in [0.1, 0.15) is 11.5 Å². The summed E-state index contributed by atoms with van der Waals surface area (Å²) in [5.41, 5.74) is 0. The SMILES string of the molecule is c1cc2oc1CNCCNCCNC2. The van der Waals surface area contributed by atoms with Crippen LogP contribution >= 0.6 is 0 Å². The van der Waals surface area contributed by atoms with Gasteiger partial charge in [0.25, 0.3) is 0 Å². The highest BCUT2D eigenvalue weighted by atomic mass is 16.3. The van der Waals surface area contributed by atoms with Crippen LogP contribution in [0.25, 0.3) is 0 Å². The lowest BCUT2D eigenvalue weighted by Crippen LogP contribution is -2.32. The zero-order chi connectivity index (χ0) is 9.64. The molecule has 0 aliphatic carbocycles. The van der Waals surface area contributed by atoms with Gasteiger partial charge in [-0.3, -0.25) is 0 Å². The average molecular weight is 195 g/mol. The molecule has 2 heterocycles. The predicted octanol–water partition coefficient (Wildman–Crippen LogP) is 0.0620. The van der Waals surface area contributed by atoms with Gasteiger partial charge in [-0.05, 0) is 12.1 Å². The van der Waals surface area contributed by atoms with Crippen LogP contribution in [0, 0.1) is 0 Å². The Morgan fingerprint density at radius 2 is 1.29 bits per heavy atom. The largest absolute Gasteiger partial charge is 0.463 e. The van der Waals surface area contributed by atoms with Gasteiger partial charge in [0.1, 0.15) is 11.5 Å². The first kappa shape index (κ1) is 9.71. The molecule has 2 rings (SSSR count). The molecule has 14 heavy (non-hydrogen) atoms. The molecule has 0 atom stereocenters. The summed E-state index contributed by atoms with van der Waals surface area (Å²) in [5, 5.41) is 9.99. The van der Waals surface area contributed by atoms with E-state index in [4.69, 9.17) is 4.42 Å². The fourth-order valence-electron chi connectivity index (χ4n) is 1.51. The van der Waals surface area contributed by atoms with Crippen molar-refractivity contribution in [2.45, 2.75) is 13.1 Å². The van der Waals surface area contributed by atoms with Crippen molar-refractivity contribution in [3.05, 3.63) is 23.7 Å². The highest BCUT2D eigenvalue weighted by Gasteiger charge is 2.02. The van der Waals surface area contributed by atoms with Gasteiger partial charge in [-0.15, -0.1) is 0 Å². The number of fused-ring (bicyclic) bond motifs is 2. The second kappa shape index (κ2) is 5.14. The summed E-state index contributed by atoms with van der Waals surface area (Å²) in [6.07, 6.45) is 0. The number of rotatable bonds is 0. The Morgan fingerprint density at radius 3 is 1.86 bits per heavy atom. The van der Waals surface area contributed by atoms with Crippen molar-refractivity contribution in [1.29, 1.82) is 0 Å².